The molecule has 0 amide bonds. The van der Waals surface area contributed by atoms with Crippen LogP contribution in [0, 0.1) is 19.3 Å². The molecule has 0 spiro atoms. The lowest BCUT2D eigenvalue weighted by Gasteiger charge is -2.18. The number of nitrogens with zero attached hydrogens (tertiary/aromatic N) is 2. The van der Waals surface area contributed by atoms with Crippen LogP contribution in [0.5, 0.6) is 5.75 Å². The van der Waals surface area contributed by atoms with Gasteiger partial charge in [0.15, 0.2) is 0 Å². The number of aliphatic hydroxyl groups is 1. The minimum absolute atomic E-state index is 0.202. The molecule has 29 heavy (non-hydrogen) atoms. The number of hydrogen-bond donors (Lipinski definition) is 2. The summed E-state index contributed by atoms with van der Waals surface area (Å²) < 4.78 is 5.20. The molecule has 0 fully saturated rings. The van der Waals surface area contributed by atoms with Gasteiger partial charge in [-0.05, 0) is 31.5 Å². The van der Waals surface area contributed by atoms with Crippen LogP contribution in [-0.2, 0) is 6.54 Å². The number of ether oxygens (including phenoxy) is 1. The molecule has 0 radical (unpaired) electrons. The Balaban J connectivity index is 1.57. The summed E-state index contributed by atoms with van der Waals surface area (Å²) in [6.45, 7) is 4.95. The van der Waals surface area contributed by atoms with Crippen molar-refractivity contribution in [1.29, 1.82) is 5.41 Å². The van der Waals surface area contributed by atoms with Crippen molar-refractivity contribution in [2.24, 2.45) is 0 Å². The zero-order chi connectivity index (χ0) is 20.5. The molecule has 5 nitrogen and oxygen atoms in total. The third-order valence-electron chi connectivity index (χ3n) is 5.05. The Bertz CT molecular complexity index is 1080. The molecule has 6 heteroatoms. The van der Waals surface area contributed by atoms with E-state index < -0.39 is 0 Å². The Morgan fingerprint density at radius 3 is 2.45 bits per heavy atom. The van der Waals surface area contributed by atoms with Gasteiger partial charge in [-0.25, -0.2) is 4.98 Å². The van der Waals surface area contributed by atoms with Crippen LogP contribution in [-0.4, -0.2) is 34.5 Å². The molecule has 0 atom stereocenters. The molecule has 0 unspecified atom stereocenters. The summed E-state index contributed by atoms with van der Waals surface area (Å²) >= 11 is 1.52. The fourth-order valence-corrected chi connectivity index (χ4v) is 4.43. The Labute approximate surface area is 174 Å². The zero-order valence-corrected chi connectivity index (χ0v) is 17.5. The van der Waals surface area contributed by atoms with E-state index in [2.05, 4.69) is 31.2 Å². The summed E-state index contributed by atoms with van der Waals surface area (Å²) in [5.41, 5.74) is 4.75. The van der Waals surface area contributed by atoms with Crippen LogP contribution >= 0.6 is 11.3 Å². The number of aliphatic hydroxyl groups excluding tert-OH is 1. The number of hydrogen-bond acceptors (Lipinski definition) is 5. The van der Waals surface area contributed by atoms with E-state index in [0.29, 0.717) is 29.5 Å². The molecule has 1 aliphatic rings. The van der Waals surface area contributed by atoms with Gasteiger partial charge in [0.05, 0.1) is 24.9 Å². The highest BCUT2D eigenvalue weighted by Crippen LogP contribution is 2.35. The van der Waals surface area contributed by atoms with Gasteiger partial charge in [0.25, 0.3) is 0 Å². The maximum Gasteiger partial charge on any atom is 0.135 e. The minimum Gasteiger partial charge on any atom is -0.510 e. The molecule has 2 aromatic carbocycles. The Morgan fingerprint density at radius 1 is 1.10 bits per heavy atom. The average Bonchev–Trinajstić information content (AvgIpc) is 3.22. The third-order valence-corrected chi connectivity index (χ3v) is 6.04. The Kier molecular flexibility index (Phi) is 5.11. The molecule has 0 bridgehead atoms. The number of aromatic nitrogens is 1. The highest BCUT2D eigenvalue weighted by molar-refractivity contribution is 7.13. The van der Waals surface area contributed by atoms with Gasteiger partial charge >= 0.3 is 0 Å². The first-order valence-corrected chi connectivity index (χ1v) is 10.2. The van der Waals surface area contributed by atoms with Crippen molar-refractivity contribution in [3.8, 4) is 17.0 Å². The number of methoxy groups -OCH3 is 1. The lowest BCUT2D eigenvalue weighted by Crippen LogP contribution is -2.26. The van der Waals surface area contributed by atoms with Crippen LogP contribution in [0.4, 0.5) is 0 Å². The van der Waals surface area contributed by atoms with E-state index in [1.807, 2.05) is 36.1 Å². The van der Waals surface area contributed by atoms with E-state index in [9.17, 15) is 5.11 Å². The quantitative estimate of drug-likeness (QED) is 0.612. The van der Waals surface area contributed by atoms with Gasteiger partial charge < -0.3 is 14.7 Å². The number of aryl methyl sites for hydroxylation is 2. The summed E-state index contributed by atoms with van der Waals surface area (Å²) in [5.74, 6) is 1.31. The van der Waals surface area contributed by atoms with Gasteiger partial charge in [-0.2, -0.15) is 0 Å². The maximum absolute atomic E-state index is 10.6. The van der Waals surface area contributed by atoms with Crippen molar-refractivity contribution in [2.75, 3.05) is 13.7 Å². The number of amidine groups is 1. The van der Waals surface area contributed by atoms with Gasteiger partial charge in [-0.15, -0.1) is 11.3 Å². The van der Waals surface area contributed by atoms with Gasteiger partial charge in [0.2, 0.25) is 0 Å². The number of rotatable bonds is 5. The third kappa shape index (κ3) is 3.76. The normalized spacial score (nSPS) is 14.0. The van der Waals surface area contributed by atoms with Crippen molar-refractivity contribution < 1.29 is 9.84 Å². The van der Waals surface area contributed by atoms with Gasteiger partial charge in [-0.1, -0.05) is 42.0 Å². The first kappa shape index (κ1) is 19.2. The predicted octanol–water partition coefficient (Wildman–Crippen LogP) is 5.20. The predicted molar refractivity (Wildman–Crippen MR) is 118 cm³/mol. The molecule has 3 aromatic rings. The molecule has 0 saturated heterocycles. The first-order valence-electron chi connectivity index (χ1n) is 9.40. The van der Waals surface area contributed by atoms with Crippen molar-refractivity contribution >= 4 is 22.7 Å². The highest BCUT2D eigenvalue weighted by Gasteiger charge is 2.31. The molecular weight excluding hydrogens is 382 g/mol. The van der Waals surface area contributed by atoms with Crippen LogP contribution < -0.4 is 4.74 Å². The molecular formula is C23H23N3O2S. The molecule has 0 aliphatic carbocycles. The van der Waals surface area contributed by atoms with Crippen LogP contribution in [0.1, 0.15) is 21.0 Å². The summed E-state index contributed by atoms with van der Waals surface area (Å²) in [7, 11) is 1.64. The SMILES string of the molecule is COc1ccc(CN2CC(O)=C(c3nc(-c4ccc(C)cc4)c(C)s3)C2=N)cc1. The summed E-state index contributed by atoms with van der Waals surface area (Å²) in [6.07, 6.45) is 0. The monoisotopic (exact) mass is 405 g/mol. The largest absolute Gasteiger partial charge is 0.510 e. The van der Waals surface area contributed by atoms with E-state index in [0.717, 1.165) is 27.4 Å². The van der Waals surface area contributed by atoms with E-state index >= 15 is 0 Å². The Hall–Kier alpha value is -3.12. The summed E-state index contributed by atoms with van der Waals surface area (Å²) in [5, 5.41) is 19.9. The highest BCUT2D eigenvalue weighted by atomic mass is 32.1. The second-order valence-corrected chi connectivity index (χ2v) is 8.37. The lowest BCUT2D eigenvalue weighted by atomic mass is 10.1. The lowest BCUT2D eigenvalue weighted by molar-refractivity contribution is 0.346. The molecule has 1 aromatic heterocycles. The van der Waals surface area contributed by atoms with E-state index in [1.165, 1.54) is 16.9 Å². The van der Waals surface area contributed by atoms with Gasteiger partial charge in [-0.3, -0.25) is 5.41 Å². The molecule has 148 valence electrons. The first-order chi connectivity index (χ1) is 14.0. The second kappa shape index (κ2) is 7.72. The van der Waals surface area contributed by atoms with Crippen LogP contribution in [0.3, 0.4) is 0 Å². The second-order valence-electron chi connectivity index (χ2n) is 7.16. The minimum atomic E-state index is 0.202. The molecule has 0 saturated carbocycles. The fraction of sp³-hybridized carbons (Fsp3) is 0.217. The fourth-order valence-electron chi connectivity index (χ4n) is 3.43. The molecule has 4 rings (SSSR count). The van der Waals surface area contributed by atoms with Gasteiger partial charge in [0, 0.05) is 17.0 Å². The van der Waals surface area contributed by atoms with E-state index in [1.54, 1.807) is 7.11 Å². The number of nitrogens with one attached hydrogen (secondary N) is 1. The van der Waals surface area contributed by atoms with E-state index in [4.69, 9.17) is 15.1 Å². The average molecular weight is 406 g/mol. The van der Waals surface area contributed by atoms with Crippen molar-refractivity contribution in [2.45, 2.75) is 20.4 Å². The van der Waals surface area contributed by atoms with Crippen molar-refractivity contribution in [1.82, 2.24) is 9.88 Å². The van der Waals surface area contributed by atoms with Crippen molar-refractivity contribution in [3.05, 3.63) is 75.3 Å². The molecule has 2 heterocycles. The standard InChI is InChI=1S/C23H23N3O2S/c1-14-4-8-17(9-5-14)21-15(2)29-23(25-21)20-19(27)13-26(22(20)24)12-16-6-10-18(28-3)11-7-16/h4-11,24,27H,12-13H2,1-3H3. The van der Waals surface area contributed by atoms with Crippen LogP contribution in [0.2, 0.25) is 0 Å². The molecule has 2 N–H and O–H groups in total. The van der Waals surface area contributed by atoms with Crippen molar-refractivity contribution in [3.63, 3.8) is 0 Å². The summed E-state index contributed by atoms with van der Waals surface area (Å²) in [6, 6.07) is 16.0. The smallest absolute Gasteiger partial charge is 0.135 e. The Morgan fingerprint density at radius 2 is 1.79 bits per heavy atom. The van der Waals surface area contributed by atoms with Crippen LogP contribution in [0.25, 0.3) is 16.8 Å². The van der Waals surface area contributed by atoms with E-state index in [-0.39, 0.29) is 5.76 Å². The zero-order valence-electron chi connectivity index (χ0n) is 16.7. The topological polar surface area (TPSA) is 69.4 Å². The number of thiazole rings is 1. The maximum atomic E-state index is 10.6. The van der Waals surface area contributed by atoms with Crippen LogP contribution in [0.15, 0.2) is 54.3 Å². The number of benzene rings is 2. The molecule has 1 aliphatic heterocycles. The summed E-state index contributed by atoms with van der Waals surface area (Å²) in [4.78, 5) is 7.70. The van der Waals surface area contributed by atoms with Gasteiger partial charge in [0.1, 0.15) is 22.4 Å².